The van der Waals surface area contributed by atoms with Crippen LogP contribution in [0.1, 0.15) is 25.7 Å². The van der Waals surface area contributed by atoms with E-state index >= 15 is 0 Å². The molecule has 1 aromatic heterocycles. The van der Waals surface area contributed by atoms with E-state index in [1.807, 2.05) is 30.3 Å². The Balaban J connectivity index is 1.52. The van der Waals surface area contributed by atoms with E-state index in [2.05, 4.69) is 10.3 Å². The molecule has 1 saturated heterocycles. The summed E-state index contributed by atoms with van der Waals surface area (Å²) in [6, 6.07) is 9.44. The molecule has 1 N–H and O–H groups in total. The molecule has 2 amide bonds. The van der Waals surface area contributed by atoms with Crippen molar-refractivity contribution < 1.29 is 18.7 Å². The highest BCUT2D eigenvalue weighted by Crippen LogP contribution is 2.20. The van der Waals surface area contributed by atoms with E-state index in [1.165, 1.54) is 0 Å². The smallest absolute Gasteiger partial charge is 0.317 e. The number of rotatable bonds is 5. The van der Waals surface area contributed by atoms with E-state index in [0.717, 1.165) is 18.4 Å². The number of piperidine rings is 1. The van der Waals surface area contributed by atoms with Crippen molar-refractivity contribution in [3.05, 3.63) is 42.4 Å². The van der Waals surface area contributed by atoms with Gasteiger partial charge in [0.25, 0.3) is 0 Å². The van der Waals surface area contributed by atoms with Crippen molar-refractivity contribution >= 4 is 12.0 Å². The normalized spacial score (nSPS) is 17.0. The van der Waals surface area contributed by atoms with Gasteiger partial charge >= 0.3 is 12.0 Å². The van der Waals surface area contributed by atoms with Crippen LogP contribution in [0.5, 0.6) is 0 Å². The summed E-state index contributed by atoms with van der Waals surface area (Å²) in [4.78, 5) is 30.1. The highest BCUT2D eigenvalue weighted by Gasteiger charge is 2.29. The Labute approximate surface area is 152 Å². The molecule has 1 aliphatic heterocycles. The second-order valence-corrected chi connectivity index (χ2v) is 6.18. The summed E-state index contributed by atoms with van der Waals surface area (Å²) in [6.07, 6.45) is 3.19. The van der Waals surface area contributed by atoms with Crippen molar-refractivity contribution in [3.8, 4) is 11.3 Å². The largest absolute Gasteiger partial charge is 0.466 e. The predicted octanol–water partition coefficient (Wildman–Crippen LogP) is 2.83. The molecule has 0 spiro atoms. The van der Waals surface area contributed by atoms with Gasteiger partial charge in [0, 0.05) is 18.7 Å². The lowest BCUT2D eigenvalue weighted by molar-refractivity contribution is -0.149. The fourth-order valence-electron chi connectivity index (χ4n) is 3.00. The Kier molecular flexibility index (Phi) is 5.88. The Morgan fingerprint density at radius 2 is 2.15 bits per heavy atom. The predicted molar refractivity (Wildman–Crippen MR) is 95.1 cm³/mol. The van der Waals surface area contributed by atoms with Crippen molar-refractivity contribution in [2.24, 2.45) is 5.92 Å². The third-order valence-corrected chi connectivity index (χ3v) is 4.33. The Bertz CT molecular complexity index is 744. The van der Waals surface area contributed by atoms with Crippen molar-refractivity contribution in [2.75, 3.05) is 19.7 Å². The van der Waals surface area contributed by atoms with Gasteiger partial charge in [-0.2, -0.15) is 0 Å². The zero-order chi connectivity index (χ0) is 18.4. The second kappa shape index (κ2) is 8.51. The number of nitrogens with one attached hydrogen (secondary N) is 1. The quantitative estimate of drug-likeness (QED) is 0.832. The van der Waals surface area contributed by atoms with Crippen LogP contribution < -0.4 is 5.32 Å². The minimum Gasteiger partial charge on any atom is -0.466 e. The SMILES string of the molecule is CCOC(=O)[C@H]1CCCN(C(=O)NCc2ncc(-c3ccccc3)o2)C1. The summed E-state index contributed by atoms with van der Waals surface area (Å²) in [5.41, 5.74) is 0.936. The summed E-state index contributed by atoms with van der Waals surface area (Å²) in [5, 5.41) is 2.80. The molecule has 2 heterocycles. The number of amides is 2. The Morgan fingerprint density at radius 1 is 1.35 bits per heavy atom. The van der Waals surface area contributed by atoms with Crippen LogP contribution >= 0.6 is 0 Å². The van der Waals surface area contributed by atoms with Crippen LogP contribution in [0.3, 0.4) is 0 Å². The maximum Gasteiger partial charge on any atom is 0.317 e. The highest BCUT2D eigenvalue weighted by atomic mass is 16.5. The van der Waals surface area contributed by atoms with Crippen LogP contribution in [0.4, 0.5) is 4.79 Å². The Hall–Kier alpha value is -2.83. The molecule has 3 rings (SSSR count). The first-order chi connectivity index (χ1) is 12.7. The minimum absolute atomic E-state index is 0.201. The average molecular weight is 357 g/mol. The molecule has 0 radical (unpaired) electrons. The first-order valence-corrected chi connectivity index (χ1v) is 8.87. The monoisotopic (exact) mass is 357 g/mol. The molecule has 1 aromatic carbocycles. The number of oxazole rings is 1. The molecular weight excluding hydrogens is 334 g/mol. The van der Waals surface area contributed by atoms with Gasteiger partial charge in [-0.05, 0) is 19.8 Å². The highest BCUT2D eigenvalue weighted by molar-refractivity contribution is 5.77. The minimum atomic E-state index is -0.249. The fourth-order valence-corrected chi connectivity index (χ4v) is 3.00. The number of ether oxygens (including phenoxy) is 1. The first kappa shape index (κ1) is 18.0. The number of carbonyl (C=O) groups is 2. The van der Waals surface area contributed by atoms with Gasteiger partial charge in [-0.15, -0.1) is 0 Å². The fraction of sp³-hybridized carbons (Fsp3) is 0.421. The number of hydrogen-bond donors (Lipinski definition) is 1. The van der Waals surface area contributed by atoms with E-state index < -0.39 is 0 Å². The number of urea groups is 1. The number of carbonyl (C=O) groups excluding carboxylic acids is 2. The first-order valence-electron chi connectivity index (χ1n) is 8.87. The van der Waals surface area contributed by atoms with E-state index in [1.54, 1.807) is 18.0 Å². The molecule has 2 aromatic rings. The van der Waals surface area contributed by atoms with Gasteiger partial charge in [-0.3, -0.25) is 4.79 Å². The van der Waals surface area contributed by atoms with E-state index in [0.29, 0.717) is 31.3 Å². The summed E-state index contributed by atoms with van der Waals surface area (Å²) >= 11 is 0. The number of esters is 1. The zero-order valence-electron chi connectivity index (χ0n) is 14.8. The summed E-state index contributed by atoms with van der Waals surface area (Å²) < 4.78 is 10.7. The number of likely N-dealkylation sites (tertiary alicyclic amines) is 1. The lowest BCUT2D eigenvalue weighted by Crippen LogP contribution is -2.47. The molecule has 26 heavy (non-hydrogen) atoms. The van der Waals surface area contributed by atoms with E-state index in [4.69, 9.17) is 9.15 Å². The van der Waals surface area contributed by atoms with Gasteiger partial charge in [0.2, 0.25) is 5.89 Å². The van der Waals surface area contributed by atoms with Crippen LogP contribution in [0.25, 0.3) is 11.3 Å². The molecule has 0 saturated carbocycles. The summed E-state index contributed by atoms with van der Waals surface area (Å²) in [7, 11) is 0. The average Bonchev–Trinajstić information content (AvgIpc) is 3.16. The van der Waals surface area contributed by atoms with Gasteiger partial charge in [-0.25, -0.2) is 9.78 Å². The molecule has 0 bridgehead atoms. The van der Waals surface area contributed by atoms with Gasteiger partial charge in [0.15, 0.2) is 5.76 Å². The maximum absolute atomic E-state index is 12.4. The van der Waals surface area contributed by atoms with E-state index in [9.17, 15) is 9.59 Å². The second-order valence-electron chi connectivity index (χ2n) is 6.18. The van der Waals surface area contributed by atoms with Crippen LogP contribution in [0.2, 0.25) is 0 Å². The van der Waals surface area contributed by atoms with Crippen LogP contribution in [0, 0.1) is 5.92 Å². The lowest BCUT2D eigenvalue weighted by Gasteiger charge is -2.31. The van der Waals surface area contributed by atoms with Crippen molar-refractivity contribution in [1.82, 2.24) is 15.2 Å². The third-order valence-electron chi connectivity index (χ3n) is 4.33. The third kappa shape index (κ3) is 4.41. The molecule has 0 aliphatic carbocycles. The molecular formula is C19H23N3O4. The number of hydrogen-bond acceptors (Lipinski definition) is 5. The zero-order valence-corrected chi connectivity index (χ0v) is 14.8. The molecule has 1 aliphatic rings. The van der Waals surface area contributed by atoms with Gasteiger partial charge < -0.3 is 19.4 Å². The van der Waals surface area contributed by atoms with E-state index in [-0.39, 0.29) is 24.5 Å². The van der Waals surface area contributed by atoms with Gasteiger partial charge in [0.1, 0.15) is 0 Å². The number of aromatic nitrogens is 1. The molecule has 138 valence electrons. The molecule has 1 fully saturated rings. The van der Waals surface area contributed by atoms with Crippen molar-refractivity contribution in [3.63, 3.8) is 0 Å². The molecule has 7 nitrogen and oxygen atoms in total. The van der Waals surface area contributed by atoms with Gasteiger partial charge in [0.05, 0.1) is 25.3 Å². The summed E-state index contributed by atoms with van der Waals surface area (Å²) in [6.45, 7) is 3.35. The van der Waals surface area contributed by atoms with Crippen LogP contribution in [-0.2, 0) is 16.1 Å². The lowest BCUT2D eigenvalue weighted by atomic mass is 9.98. The number of benzene rings is 1. The maximum atomic E-state index is 12.4. The molecule has 1 atom stereocenters. The van der Waals surface area contributed by atoms with Gasteiger partial charge in [-0.1, -0.05) is 30.3 Å². The summed E-state index contributed by atoms with van der Waals surface area (Å²) in [5.74, 6) is 0.623. The van der Waals surface area contributed by atoms with Crippen molar-refractivity contribution in [2.45, 2.75) is 26.3 Å². The molecule has 7 heteroatoms. The van der Waals surface area contributed by atoms with Crippen molar-refractivity contribution in [1.29, 1.82) is 0 Å². The van der Waals surface area contributed by atoms with Crippen LogP contribution in [-0.4, -0.2) is 41.6 Å². The molecule has 0 unspecified atom stereocenters. The topological polar surface area (TPSA) is 84.7 Å². The van der Waals surface area contributed by atoms with Crippen LogP contribution in [0.15, 0.2) is 40.9 Å². The number of nitrogens with zero attached hydrogens (tertiary/aromatic N) is 2. The standard InChI is InChI=1S/C19H23N3O4/c1-2-25-18(23)15-9-6-10-22(13-15)19(24)21-12-17-20-11-16(26-17)14-7-4-3-5-8-14/h3-5,7-8,11,15H,2,6,9-10,12-13H2,1H3,(H,21,24)/t15-/m0/s1. The Morgan fingerprint density at radius 3 is 2.92 bits per heavy atom.